The summed E-state index contributed by atoms with van der Waals surface area (Å²) in [6.45, 7) is 4.77. The predicted molar refractivity (Wildman–Crippen MR) is 437 cm³/mol. The summed E-state index contributed by atoms with van der Waals surface area (Å²) >= 11 is 0. The Bertz CT molecular complexity index is 2180. The first-order valence-corrected chi connectivity index (χ1v) is 42.0. The van der Waals surface area contributed by atoms with Crippen molar-refractivity contribution in [1.29, 1.82) is 0 Å². The number of rotatable bonds is 77. The third-order valence-corrected chi connectivity index (χ3v) is 18.1. The Kier molecular flexibility index (Phi) is 77.0. The van der Waals surface area contributed by atoms with Crippen LogP contribution in [0.3, 0.4) is 0 Å². The van der Waals surface area contributed by atoms with Gasteiger partial charge in [-0.05, 0) is 103 Å². The Morgan fingerprint density at radius 3 is 0.842 bits per heavy atom. The number of carboxylic acid groups (broad SMARTS) is 1. The van der Waals surface area contributed by atoms with Crippen LogP contribution in [0.2, 0.25) is 0 Å². The van der Waals surface area contributed by atoms with Gasteiger partial charge < -0.3 is 28.5 Å². The monoisotopic (exact) mass is 1410 g/mol. The molecule has 0 rings (SSSR count). The zero-order valence-electron chi connectivity index (χ0n) is 66.3. The van der Waals surface area contributed by atoms with Gasteiger partial charge in [0.2, 0.25) is 0 Å². The van der Waals surface area contributed by atoms with E-state index in [-0.39, 0.29) is 32.2 Å². The highest BCUT2D eigenvalue weighted by Crippen LogP contribution is 2.19. The van der Waals surface area contributed by atoms with E-state index in [9.17, 15) is 19.5 Å². The van der Waals surface area contributed by atoms with Crippen LogP contribution in [-0.2, 0) is 33.3 Å². The summed E-state index contributed by atoms with van der Waals surface area (Å²) in [4.78, 5) is 37.8. The zero-order valence-corrected chi connectivity index (χ0v) is 66.3. The maximum absolute atomic E-state index is 13.0. The normalized spacial score (nSPS) is 13.4. The van der Waals surface area contributed by atoms with E-state index in [0.717, 1.165) is 122 Å². The number of nitrogens with zero attached hydrogens (tertiary/aromatic N) is 1. The second kappa shape index (κ2) is 80.8. The van der Waals surface area contributed by atoms with Crippen LogP contribution in [-0.4, -0.2) is 87.4 Å². The van der Waals surface area contributed by atoms with Crippen molar-refractivity contribution in [2.24, 2.45) is 0 Å². The molecule has 0 spiro atoms. The van der Waals surface area contributed by atoms with Crippen LogP contribution < -0.4 is 0 Å². The average Bonchev–Trinajstić information content (AvgIpc) is 1.21. The van der Waals surface area contributed by atoms with E-state index in [1.165, 1.54) is 205 Å². The Balaban J connectivity index is 4.11. The topological polar surface area (TPSA) is 108 Å². The number of quaternary nitrogens is 1. The molecule has 0 heterocycles. The predicted octanol–water partition coefficient (Wildman–Crippen LogP) is 27.4. The fraction of sp³-hybridized carbons (Fsp3) is 0.707. The molecule has 0 aromatic rings. The van der Waals surface area contributed by atoms with Gasteiger partial charge in [-0.2, -0.15) is 0 Å². The standard InChI is InChI=1S/C92H157NO8/c1-6-8-10-12-14-16-18-20-22-24-26-28-30-32-34-36-38-40-42-43-44-45-46-47-49-51-53-55-57-59-61-63-65-67-69-71-73-75-77-79-81-83-90(95)101-88(87-100-92(91(96)97)98-85-84-93(3,4)5)86-99-89(94)82-80-78-76-74-72-70-68-66-64-62-60-58-56-54-52-50-48-41-39-37-35-33-31-29-27-25-23-21-19-17-15-13-11-9-7-2/h8,10,14,16,20,22,26,28,32,34,38,40,43-44,46-47,51,53,57,59,63,65,69,71,88,92H,6-7,9,11-13,15,17-19,21,23-25,27,29-31,33,35-37,39,41-42,45,48-50,52,54-56,58,60-62,64,66-68,70,72-87H2,1-5H3/p+1/b10-8-,16-14-,22-20-,28-26-,34-32-,40-38-,44-43-,47-46-,53-51-,59-57-,65-63-,71-69-. The summed E-state index contributed by atoms with van der Waals surface area (Å²) in [5, 5.41) is 9.78. The highest BCUT2D eigenvalue weighted by molar-refractivity contribution is 5.71. The maximum Gasteiger partial charge on any atom is 0.361 e. The van der Waals surface area contributed by atoms with E-state index in [2.05, 4.69) is 160 Å². The lowest BCUT2D eigenvalue weighted by molar-refractivity contribution is -0.870. The molecule has 0 aromatic carbocycles. The van der Waals surface area contributed by atoms with Gasteiger partial charge in [0.1, 0.15) is 13.2 Å². The molecular weight excluding hydrogens is 1250 g/mol. The first kappa shape index (κ1) is 96.2. The van der Waals surface area contributed by atoms with Crippen molar-refractivity contribution in [3.8, 4) is 0 Å². The number of allylic oxidation sites excluding steroid dienone is 24. The fourth-order valence-corrected chi connectivity index (χ4v) is 11.8. The molecule has 9 nitrogen and oxygen atoms in total. The third-order valence-electron chi connectivity index (χ3n) is 18.1. The maximum atomic E-state index is 13.0. The summed E-state index contributed by atoms with van der Waals surface area (Å²) in [5.74, 6) is -2.04. The van der Waals surface area contributed by atoms with Gasteiger partial charge in [-0.1, -0.05) is 391 Å². The van der Waals surface area contributed by atoms with Crippen LogP contribution in [0, 0.1) is 0 Å². The highest BCUT2D eigenvalue weighted by Gasteiger charge is 2.25. The van der Waals surface area contributed by atoms with Gasteiger partial charge in [0.05, 0.1) is 34.4 Å². The molecule has 578 valence electrons. The molecule has 9 heteroatoms. The van der Waals surface area contributed by atoms with E-state index in [4.69, 9.17) is 18.9 Å². The number of carbonyl (C=O) groups is 3. The third kappa shape index (κ3) is 82.3. The van der Waals surface area contributed by atoms with Gasteiger partial charge in [0.25, 0.3) is 6.29 Å². The van der Waals surface area contributed by atoms with Crippen LogP contribution in [0.5, 0.6) is 0 Å². The number of unbranched alkanes of at least 4 members (excludes halogenated alkanes) is 38. The van der Waals surface area contributed by atoms with E-state index < -0.39 is 24.3 Å². The molecule has 0 bridgehead atoms. The van der Waals surface area contributed by atoms with Gasteiger partial charge in [0.15, 0.2) is 6.10 Å². The molecule has 0 aromatic heterocycles. The molecule has 0 radical (unpaired) electrons. The van der Waals surface area contributed by atoms with Gasteiger partial charge >= 0.3 is 17.9 Å². The number of esters is 2. The molecule has 2 atom stereocenters. The summed E-state index contributed by atoms with van der Waals surface area (Å²) in [6, 6.07) is 0. The average molecular weight is 1410 g/mol. The van der Waals surface area contributed by atoms with Crippen molar-refractivity contribution in [3.05, 3.63) is 146 Å². The summed E-state index contributed by atoms with van der Waals surface area (Å²) in [5.41, 5.74) is 0. The Morgan fingerprint density at radius 2 is 0.564 bits per heavy atom. The van der Waals surface area contributed by atoms with E-state index >= 15 is 0 Å². The SMILES string of the molecule is CC/C=C\C/C=C\C/C=C\C/C=C\C/C=C\C/C=C\C/C=C\C/C=C\C/C=C\C/C=C\C/C=C\C/C=C\CCCCCCC(=O)OC(COC(=O)CCCCCCCCCCCCCCCCCCCCCCCCCCCCCCCCCCCCC)COC(OCC[N+](C)(C)C)C(=O)O. The largest absolute Gasteiger partial charge is 0.477 e. The van der Waals surface area contributed by atoms with Crippen molar-refractivity contribution in [1.82, 2.24) is 0 Å². The van der Waals surface area contributed by atoms with E-state index in [1.54, 1.807) is 0 Å². The second-order valence-electron chi connectivity index (χ2n) is 29.1. The quantitative estimate of drug-likeness (QED) is 0.0211. The van der Waals surface area contributed by atoms with Crippen LogP contribution in [0.4, 0.5) is 0 Å². The van der Waals surface area contributed by atoms with Crippen LogP contribution in [0.15, 0.2) is 146 Å². The summed E-state index contributed by atoms with van der Waals surface area (Å²) in [7, 11) is 5.97. The Hall–Kier alpha value is -4.83. The molecule has 0 fully saturated rings. The first-order valence-electron chi connectivity index (χ1n) is 42.0. The molecule has 0 amide bonds. The van der Waals surface area contributed by atoms with Crippen molar-refractivity contribution in [3.63, 3.8) is 0 Å². The first-order chi connectivity index (χ1) is 49.6. The highest BCUT2D eigenvalue weighted by atomic mass is 16.7. The van der Waals surface area contributed by atoms with Crippen molar-refractivity contribution < 1.29 is 42.9 Å². The zero-order chi connectivity index (χ0) is 73.2. The number of ether oxygens (including phenoxy) is 4. The molecule has 0 aliphatic rings. The van der Waals surface area contributed by atoms with E-state index in [1.807, 2.05) is 21.1 Å². The number of hydrogen-bond acceptors (Lipinski definition) is 7. The minimum Gasteiger partial charge on any atom is -0.477 e. The minimum absolute atomic E-state index is 0.177. The molecule has 0 saturated heterocycles. The number of aliphatic carboxylic acids is 1. The van der Waals surface area contributed by atoms with Crippen molar-refractivity contribution in [2.45, 2.75) is 373 Å². The van der Waals surface area contributed by atoms with Gasteiger partial charge in [-0.15, -0.1) is 0 Å². The number of hydrogen-bond donors (Lipinski definition) is 1. The molecule has 0 aliphatic carbocycles. The molecule has 101 heavy (non-hydrogen) atoms. The lowest BCUT2D eigenvalue weighted by atomic mass is 10.0. The van der Waals surface area contributed by atoms with Crippen LogP contribution in [0.25, 0.3) is 0 Å². The van der Waals surface area contributed by atoms with Crippen LogP contribution in [0.1, 0.15) is 361 Å². The molecule has 1 N–H and O–H groups in total. The second-order valence-corrected chi connectivity index (χ2v) is 29.1. The molecule has 0 aliphatic heterocycles. The smallest absolute Gasteiger partial charge is 0.361 e. The van der Waals surface area contributed by atoms with Gasteiger partial charge in [-0.25, -0.2) is 4.79 Å². The van der Waals surface area contributed by atoms with Crippen LogP contribution >= 0.6 is 0 Å². The molecular formula is C92H158NO8+. The Morgan fingerprint density at radius 1 is 0.307 bits per heavy atom. The fourth-order valence-electron chi connectivity index (χ4n) is 11.8. The number of carboxylic acids is 1. The number of likely N-dealkylation sites (N-methyl/N-ethyl adjacent to an activating group) is 1. The lowest BCUT2D eigenvalue weighted by Crippen LogP contribution is -2.40. The van der Waals surface area contributed by atoms with Gasteiger partial charge in [0, 0.05) is 12.8 Å². The lowest BCUT2D eigenvalue weighted by Gasteiger charge is -2.25. The van der Waals surface area contributed by atoms with E-state index in [0.29, 0.717) is 23.9 Å². The van der Waals surface area contributed by atoms with Crippen molar-refractivity contribution in [2.75, 3.05) is 47.5 Å². The summed E-state index contributed by atoms with van der Waals surface area (Å²) in [6.07, 6.45) is 116. The molecule has 2 unspecified atom stereocenters. The molecule has 0 saturated carbocycles. The minimum atomic E-state index is -1.53. The number of carbonyl (C=O) groups excluding carboxylic acids is 2. The summed E-state index contributed by atoms with van der Waals surface area (Å²) < 4.78 is 23.0. The van der Waals surface area contributed by atoms with Gasteiger partial charge in [-0.3, -0.25) is 9.59 Å². The Labute approximate surface area is 623 Å². The van der Waals surface area contributed by atoms with Crippen molar-refractivity contribution >= 4 is 17.9 Å².